The molecule has 2 N–H and O–H groups in total. The molecular weight excluding hydrogens is 360 g/mol. The molecule has 98 valence electrons. The van der Waals surface area contributed by atoms with E-state index in [2.05, 4.69) is 38.8 Å². The number of hydrogen-bond donors (Lipinski definition) is 1. The van der Waals surface area contributed by atoms with Gasteiger partial charge in [-0.15, -0.1) is 0 Å². The molecule has 0 spiro atoms. The second-order valence-corrected chi connectivity index (χ2v) is 6.53. The van der Waals surface area contributed by atoms with E-state index in [1.165, 1.54) is 0 Å². The van der Waals surface area contributed by atoms with Gasteiger partial charge in [0.05, 0.1) is 5.56 Å². The first-order valence-electron chi connectivity index (χ1n) is 6.00. The molecule has 0 saturated carbocycles. The summed E-state index contributed by atoms with van der Waals surface area (Å²) in [5.74, 6) is 0.0718. The van der Waals surface area contributed by atoms with Gasteiger partial charge in [-0.05, 0) is 53.9 Å². The number of piperidine rings is 1. The van der Waals surface area contributed by atoms with Crippen LogP contribution in [0, 0.1) is 0 Å². The maximum Gasteiger partial charge on any atom is 0.255 e. The van der Waals surface area contributed by atoms with Gasteiger partial charge in [-0.3, -0.25) is 4.79 Å². The van der Waals surface area contributed by atoms with E-state index in [0.29, 0.717) is 5.56 Å². The van der Waals surface area contributed by atoms with Crippen LogP contribution in [0.4, 0.5) is 0 Å². The maximum absolute atomic E-state index is 12.5. The van der Waals surface area contributed by atoms with E-state index in [1.807, 2.05) is 23.1 Å². The van der Waals surface area contributed by atoms with Crippen LogP contribution in [0.3, 0.4) is 0 Å². The van der Waals surface area contributed by atoms with Crippen LogP contribution in [0.25, 0.3) is 0 Å². The van der Waals surface area contributed by atoms with Gasteiger partial charge in [0.15, 0.2) is 0 Å². The zero-order valence-electron chi connectivity index (χ0n) is 10.2. The number of nitrogens with two attached hydrogens (primary N) is 1. The second-order valence-electron chi connectivity index (χ2n) is 4.76. The minimum absolute atomic E-state index is 0.0718. The van der Waals surface area contributed by atoms with E-state index in [0.717, 1.165) is 28.3 Å². The van der Waals surface area contributed by atoms with Gasteiger partial charge in [-0.2, -0.15) is 0 Å². The topological polar surface area (TPSA) is 46.3 Å². The number of benzene rings is 1. The first-order valence-corrected chi connectivity index (χ1v) is 7.59. The normalized spacial score (nSPS) is 24.1. The molecule has 0 bridgehead atoms. The van der Waals surface area contributed by atoms with Crippen molar-refractivity contribution in [3.63, 3.8) is 0 Å². The van der Waals surface area contributed by atoms with Crippen molar-refractivity contribution in [2.45, 2.75) is 31.8 Å². The number of carbonyl (C=O) groups is 1. The second kappa shape index (κ2) is 5.72. The van der Waals surface area contributed by atoms with Gasteiger partial charge in [0.25, 0.3) is 5.91 Å². The van der Waals surface area contributed by atoms with Crippen molar-refractivity contribution >= 4 is 37.8 Å². The number of likely N-dealkylation sites (tertiary alicyclic amines) is 1. The largest absolute Gasteiger partial charge is 0.336 e. The van der Waals surface area contributed by atoms with Crippen molar-refractivity contribution in [3.8, 4) is 0 Å². The van der Waals surface area contributed by atoms with E-state index in [9.17, 15) is 4.79 Å². The first kappa shape index (κ1) is 14.0. The average molecular weight is 376 g/mol. The molecule has 1 saturated heterocycles. The molecule has 2 unspecified atom stereocenters. The average Bonchev–Trinajstić information content (AvgIpc) is 2.31. The predicted molar refractivity (Wildman–Crippen MR) is 79.5 cm³/mol. The molecule has 3 nitrogen and oxygen atoms in total. The minimum atomic E-state index is 0.0718. The number of hydrogen-bond acceptors (Lipinski definition) is 2. The Balaban J connectivity index is 2.23. The number of halogens is 2. The summed E-state index contributed by atoms with van der Waals surface area (Å²) in [7, 11) is 0. The van der Waals surface area contributed by atoms with E-state index in [-0.39, 0.29) is 18.0 Å². The van der Waals surface area contributed by atoms with Gasteiger partial charge in [0.1, 0.15) is 0 Å². The van der Waals surface area contributed by atoms with Crippen LogP contribution in [0.15, 0.2) is 27.1 Å². The van der Waals surface area contributed by atoms with Gasteiger partial charge in [0, 0.05) is 27.6 Å². The highest BCUT2D eigenvalue weighted by Crippen LogP contribution is 2.25. The summed E-state index contributed by atoms with van der Waals surface area (Å²) in [6, 6.07) is 6.07. The lowest BCUT2D eigenvalue weighted by Gasteiger charge is -2.36. The summed E-state index contributed by atoms with van der Waals surface area (Å²) >= 11 is 6.84. The molecule has 1 aliphatic heterocycles. The van der Waals surface area contributed by atoms with Crippen LogP contribution in [-0.2, 0) is 0 Å². The molecule has 1 amide bonds. The Labute approximate surface area is 124 Å². The summed E-state index contributed by atoms with van der Waals surface area (Å²) in [6.07, 6.45) is 1.75. The van der Waals surface area contributed by atoms with E-state index in [4.69, 9.17) is 5.73 Å². The Hall–Kier alpha value is -0.390. The third-order valence-electron chi connectivity index (χ3n) is 3.34. The zero-order chi connectivity index (χ0) is 13.3. The first-order chi connectivity index (χ1) is 8.49. The van der Waals surface area contributed by atoms with Crippen LogP contribution in [-0.4, -0.2) is 29.4 Å². The maximum atomic E-state index is 12.5. The number of nitrogens with zero attached hydrogens (tertiary/aromatic N) is 1. The van der Waals surface area contributed by atoms with Gasteiger partial charge in [-0.1, -0.05) is 15.9 Å². The van der Waals surface area contributed by atoms with Crippen molar-refractivity contribution in [1.29, 1.82) is 0 Å². The molecule has 1 aromatic carbocycles. The molecule has 1 heterocycles. The molecule has 0 radical (unpaired) electrons. The molecule has 18 heavy (non-hydrogen) atoms. The summed E-state index contributed by atoms with van der Waals surface area (Å²) in [6.45, 7) is 2.79. The van der Waals surface area contributed by atoms with Crippen molar-refractivity contribution in [2.24, 2.45) is 5.73 Å². The van der Waals surface area contributed by atoms with Crippen LogP contribution in [0.2, 0.25) is 0 Å². The molecular formula is C13H16Br2N2O. The lowest BCUT2D eigenvalue weighted by molar-refractivity contribution is 0.0618. The Morgan fingerprint density at radius 3 is 2.83 bits per heavy atom. The van der Waals surface area contributed by atoms with Crippen molar-refractivity contribution in [1.82, 2.24) is 4.90 Å². The Morgan fingerprint density at radius 2 is 2.17 bits per heavy atom. The quantitative estimate of drug-likeness (QED) is 0.819. The minimum Gasteiger partial charge on any atom is -0.336 e. The van der Waals surface area contributed by atoms with Crippen molar-refractivity contribution in [2.75, 3.05) is 6.54 Å². The van der Waals surface area contributed by atoms with Gasteiger partial charge >= 0.3 is 0 Å². The van der Waals surface area contributed by atoms with E-state index < -0.39 is 0 Å². The highest BCUT2D eigenvalue weighted by Gasteiger charge is 2.28. The Kier molecular flexibility index (Phi) is 4.45. The van der Waals surface area contributed by atoms with Crippen LogP contribution >= 0.6 is 31.9 Å². The lowest BCUT2D eigenvalue weighted by atomic mass is 9.98. The molecule has 1 aliphatic rings. The van der Waals surface area contributed by atoms with Crippen LogP contribution in [0.1, 0.15) is 30.1 Å². The number of carbonyl (C=O) groups excluding carboxylic acids is 1. The van der Waals surface area contributed by atoms with Crippen LogP contribution < -0.4 is 5.73 Å². The zero-order valence-corrected chi connectivity index (χ0v) is 13.4. The monoisotopic (exact) mass is 374 g/mol. The SMILES string of the molecule is CC1CC(N)CCN1C(=O)c1cc(Br)ccc1Br. The summed E-state index contributed by atoms with van der Waals surface area (Å²) in [5, 5.41) is 0. The Bertz CT molecular complexity index is 464. The van der Waals surface area contributed by atoms with Gasteiger partial charge < -0.3 is 10.6 Å². The van der Waals surface area contributed by atoms with Crippen molar-refractivity contribution < 1.29 is 4.79 Å². The third kappa shape index (κ3) is 2.95. The van der Waals surface area contributed by atoms with Crippen LogP contribution in [0.5, 0.6) is 0 Å². The molecule has 0 aromatic heterocycles. The van der Waals surface area contributed by atoms with Gasteiger partial charge in [0.2, 0.25) is 0 Å². The summed E-state index contributed by atoms with van der Waals surface area (Å²) < 4.78 is 1.74. The van der Waals surface area contributed by atoms with E-state index in [1.54, 1.807) is 0 Å². The fraction of sp³-hybridized carbons (Fsp3) is 0.462. The fourth-order valence-corrected chi connectivity index (χ4v) is 3.10. The highest BCUT2D eigenvalue weighted by atomic mass is 79.9. The Morgan fingerprint density at radius 1 is 1.44 bits per heavy atom. The number of amides is 1. The van der Waals surface area contributed by atoms with Crippen molar-refractivity contribution in [3.05, 3.63) is 32.7 Å². The molecule has 1 fully saturated rings. The number of rotatable bonds is 1. The lowest BCUT2D eigenvalue weighted by Crippen LogP contribution is -2.48. The predicted octanol–water partition coefficient (Wildman–Crippen LogP) is 3.16. The molecule has 2 rings (SSSR count). The molecule has 0 aliphatic carbocycles. The smallest absolute Gasteiger partial charge is 0.255 e. The fourth-order valence-electron chi connectivity index (χ4n) is 2.33. The standard InChI is InChI=1S/C13H16Br2N2O/c1-8-6-10(16)4-5-17(8)13(18)11-7-9(14)2-3-12(11)15/h2-3,7-8,10H,4-6,16H2,1H3. The van der Waals surface area contributed by atoms with Gasteiger partial charge in [-0.25, -0.2) is 0 Å². The summed E-state index contributed by atoms with van der Waals surface area (Å²) in [5.41, 5.74) is 6.63. The van der Waals surface area contributed by atoms with E-state index >= 15 is 0 Å². The summed E-state index contributed by atoms with van der Waals surface area (Å²) in [4.78, 5) is 14.4. The highest BCUT2D eigenvalue weighted by molar-refractivity contribution is 9.11. The molecule has 2 atom stereocenters. The third-order valence-corrected chi connectivity index (χ3v) is 4.52. The molecule has 5 heteroatoms. The molecule has 1 aromatic rings.